The molecule has 1 heterocycles. The highest BCUT2D eigenvalue weighted by molar-refractivity contribution is 5.85. The van der Waals surface area contributed by atoms with Gasteiger partial charge in [-0.2, -0.15) is 5.26 Å². The van der Waals surface area contributed by atoms with Gasteiger partial charge in [-0.3, -0.25) is 0 Å². The SMILES string of the molecule is CC(C)(C#N)CCOc1ccc(C(=O)O)nc1. The van der Waals surface area contributed by atoms with Gasteiger partial charge in [0.05, 0.1) is 24.3 Å². The Morgan fingerprint density at radius 1 is 1.59 bits per heavy atom. The van der Waals surface area contributed by atoms with Crippen LogP contribution in [0.2, 0.25) is 0 Å². The monoisotopic (exact) mass is 234 g/mol. The Morgan fingerprint density at radius 3 is 2.76 bits per heavy atom. The molecule has 90 valence electrons. The Kier molecular flexibility index (Phi) is 4.05. The second-order valence-electron chi connectivity index (χ2n) is 4.28. The van der Waals surface area contributed by atoms with Gasteiger partial charge in [0.15, 0.2) is 0 Å². The minimum atomic E-state index is -1.07. The molecule has 0 radical (unpaired) electrons. The van der Waals surface area contributed by atoms with E-state index >= 15 is 0 Å². The van der Waals surface area contributed by atoms with E-state index in [2.05, 4.69) is 11.1 Å². The first-order valence-electron chi connectivity index (χ1n) is 5.18. The zero-order valence-corrected chi connectivity index (χ0v) is 9.80. The molecule has 0 aliphatic heterocycles. The molecule has 1 aromatic heterocycles. The summed E-state index contributed by atoms with van der Waals surface area (Å²) < 4.78 is 5.37. The largest absolute Gasteiger partial charge is 0.492 e. The summed E-state index contributed by atoms with van der Waals surface area (Å²) in [6.45, 7) is 4.07. The molecule has 0 fully saturated rings. The maximum Gasteiger partial charge on any atom is 0.354 e. The van der Waals surface area contributed by atoms with Gasteiger partial charge in [-0.05, 0) is 32.4 Å². The van der Waals surface area contributed by atoms with E-state index in [0.29, 0.717) is 18.8 Å². The summed E-state index contributed by atoms with van der Waals surface area (Å²) in [5.41, 5.74) is -0.441. The Hall–Kier alpha value is -2.09. The van der Waals surface area contributed by atoms with Crippen LogP contribution in [0.4, 0.5) is 0 Å². The van der Waals surface area contributed by atoms with Crippen LogP contribution in [0.15, 0.2) is 18.3 Å². The van der Waals surface area contributed by atoms with Gasteiger partial charge >= 0.3 is 5.97 Å². The van der Waals surface area contributed by atoms with Crippen molar-refractivity contribution in [3.8, 4) is 11.8 Å². The van der Waals surface area contributed by atoms with Gasteiger partial charge in [0.2, 0.25) is 0 Å². The summed E-state index contributed by atoms with van der Waals surface area (Å²) in [5.74, 6) is -0.564. The molecule has 1 N–H and O–H groups in total. The van der Waals surface area contributed by atoms with Crippen molar-refractivity contribution in [3.05, 3.63) is 24.0 Å². The molecule has 0 aliphatic carbocycles. The molecule has 0 saturated heterocycles. The van der Waals surface area contributed by atoms with Gasteiger partial charge in [0, 0.05) is 0 Å². The van der Waals surface area contributed by atoms with E-state index in [1.165, 1.54) is 12.3 Å². The number of carboxylic acid groups (broad SMARTS) is 1. The Morgan fingerprint density at radius 2 is 2.29 bits per heavy atom. The fourth-order valence-electron chi connectivity index (χ4n) is 1.07. The van der Waals surface area contributed by atoms with Gasteiger partial charge in [-0.15, -0.1) is 0 Å². The van der Waals surface area contributed by atoms with Crippen molar-refractivity contribution in [1.82, 2.24) is 4.98 Å². The van der Waals surface area contributed by atoms with Gasteiger partial charge in [0.25, 0.3) is 0 Å². The number of aromatic nitrogens is 1. The summed E-state index contributed by atoms with van der Waals surface area (Å²) in [4.78, 5) is 14.3. The molecule has 5 heteroatoms. The first-order valence-corrected chi connectivity index (χ1v) is 5.18. The number of pyridine rings is 1. The Balaban J connectivity index is 2.49. The first kappa shape index (κ1) is 13.0. The summed E-state index contributed by atoms with van der Waals surface area (Å²) in [5, 5.41) is 17.5. The average molecular weight is 234 g/mol. The third-order valence-electron chi connectivity index (χ3n) is 2.25. The molecule has 0 aliphatic rings. The van der Waals surface area contributed by atoms with Crippen LogP contribution in [0.25, 0.3) is 0 Å². The Labute approximate surface area is 99.7 Å². The van der Waals surface area contributed by atoms with E-state index in [9.17, 15) is 4.79 Å². The number of nitriles is 1. The molecule has 0 amide bonds. The summed E-state index contributed by atoms with van der Waals surface area (Å²) >= 11 is 0. The number of hydrogen-bond donors (Lipinski definition) is 1. The van der Waals surface area contributed by atoms with Crippen LogP contribution in [0, 0.1) is 16.7 Å². The quantitative estimate of drug-likeness (QED) is 0.843. The molecule has 0 aromatic carbocycles. The van der Waals surface area contributed by atoms with Crippen molar-refractivity contribution in [2.75, 3.05) is 6.61 Å². The minimum Gasteiger partial charge on any atom is -0.492 e. The van der Waals surface area contributed by atoms with Crippen LogP contribution in [0.3, 0.4) is 0 Å². The van der Waals surface area contributed by atoms with E-state index in [-0.39, 0.29) is 5.69 Å². The highest BCUT2D eigenvalue weighted by Crippen LogP contribution is 2.19. The molecule has 0 bridgehead atoms. The third-order valence-corrected chi connectivity index (χ3v) is 2.25. The normalized spacial score (nSPS) is 10.6. The second-order valence-corrected chi connectivity index (χ2v) is 4.28. The second kappa shape index (κ2) is 5.30. The molecule has 1 aromatic rings. The number of ether oxygens (including phenoxy) is 1. The van der Waals surface area contributed by atoms with E-state index in [4.69, 9.17) is 15.1 Å². The summed E-state index contributed by atoms with van der Waals surface area (Å²) in [6, 6.07) is 5.11. The van der Waals surface area contributed by atoms with E-state index in [1.54, 1.807) is 6.07 Å². The lowest BCUT2D eigenvalue weighted by atomic mass is 9.92. The lowest BCUT2D eigenvalue weighted by Crippen LogP contribution is -2.13. The molecule has 1 rings (SSSR count). The standard InChI is InChI=1S/C12H14N2O3/c1-12(2,8-13)5-6-17-9-3-4-10(11(15)16)14-7-9/h3-4,7H,5-6H2,1-2H3,(H,15,16). The molecule has 17 heavy (non-hydrogen) atoms. The summed E-state index contributed by atoms with van der Waals surface area (Å²) in [6.07, 6.45) is 1.97. The van der Waals surface area contributed by atoms with E-state index < -0.39 is 11.4 Å². The fourth-order valence-corrected chi connectivity index (χ4v) is 1.07. The minimum absolute atomic E-state index is 0.0188. The number of nitrogens with zero attached hydrogens (tertiary/aromatic N) is 2. The molecular weight excluding hydrogens is 220 g/mol. The molecule has 0 unspecified atom stereocenters. The van der Waals surface area contributed by atoms with Crippen molar-refractivity contribution in [1.29, 1.82) is 5.26 Å². The zero-order chi connectivity index (χ0) is 12.9. The van der Waals surface area contributed by atoms with Crippen LogP contribution < -0.4 is 4.74 Å². The number of carboxylic acids is 1. The average Bonchev–Trinajstić information content (AvgIpc) is 2.29. The maximum absolute atomic E-state index is 10.6. The summed E-state index contributed by atoms with van der Waals surface area (Å²) in [7, 11) is 0. The molecular formula is C12H14N2O3. The topological polar surface area (TPSA) is 83.2 Å². The van der Waals surface area contributed by atoms with Crippen molar-refractivity contribution < 1.29 is 14.6 Å². The van der Waals surface area contributed by atoms with E-state index in [0.717, 1.165) is 0 Å². The number of rotatable bonds is 5. The van der Waals surface area contributed by atoms with Gasteiger partial charge in [0.1, 0.15) is 11.4 Å². The highest BCUT2D eigenvalue weighted by atomic mass is 16.5. The molecule has 5 nitrogen and oxygen atoms in total. The van der Waals surface area contributed by atoms with Crippen molar-refractivity contribution in [2.45, 2.75) is 20.3 Å². The van der Waals surface area contributed by atoms with Crippen molar-refractivity contribution in [3.63, 3.8) is 0 Å². The predicted molar refractivity (Wildman–Crippen MR) is 60.7 cm³/mol. The maximum atomic E-state index is 10.6. The van der Waals surface area contributed by atoms with Crippen LogP contribution in [0.1, 0.15) is 30.8 Å². The van der Waals surface area contributed by atoms with Crippen molar-refractivity contribution >= 4 is 5.97 Å². The number of hydrogen-bond acceptors (Lipinski definition) is 4. The molecule has 0 atom stereocenters. The molecule has 0 saturated carbocycles. The fraction of sp³-hybridized carbons (Fsp3) is 0.417. The third kappa shape index (κ3) is 4.11. The van der Waals surface area contributed by atoms with Gasteiger partial charge < -0.3 is 9.84 Å². The lowest BCUT2D eigenvalue weighted by Gasteiger charge is -2.14. The lowest BCUT2D eigenvalue weighted by molar-refractivity contribution is 0.0690. The Bertz CT molecular complexity index is 432. The van der Waals surface area contributed by atoms with Crippen LogP contribution in [-0.4, -0.2) is 22.7 Å². The highest BCUT2D eigenvalue weighted by Gasteiger charge is 2.16. The van der Waals surface area contributed by atoms with E-state index in [1.807, 2.05) is 13.8 Å². The van der Waals surface area contributed by atoms with Crippen LogP contribution >= 0.6 is 0 Å². The zero-order valence-electron chi connectivity index (χ0n) is 9.80. The predicted octanol–water partition coefficient (Wildman–Crippen LogP) is 2.10. The van der Waals surface area contributed by atoms with Crippen LogP contribution in [-0.2, 0) is 0 Å². The van der Waals surface area contributed by atoms with Crippen LogP contribution in [0.5, 0.6) is 5.75 Å². The van der Waals surface area contributed by atoms with Gasteiger partial charge in [-0.25, -0.2) is 9.78 Å². The smallest absolute Gasteiger partial charge is 0.354 e. The number of carbonyl (C=O) groups is 1. The first-order chi connectivity index (χ1) is 7.94. The van der Waals surface area contributed by atoms with Crippen molar-refractivity contribution in [2.24, 2.45) is 5.41 Å². The molecule has 0 spiro atoms. The number of aromatic carboxylic acids is 1. The van der Waals surface area contributed by atoms with Gasteiger partial charge in [-0.1, -0.05) is 0 Å².